The van der Waals surface area contributed by atoms with Crippen molar-refractivity contribution in [3.63, 3.8) is 0 Å². The Morgan fingerprint density at radius 3 is 2.35 bits per heavy atom. The van der Waals surface area contributed by atoms with Gasteiger partial charge in [-0.05, 0) is 43.5 Å². The van der Waals surface area contributed by atoms with Crippen molar-refractivity contribution in [3.05, 3.63) is 29.3 Å². The summed E-state index contributed by atoms with van der Waals surface area (Å²) < 4.78 is 0. The number of benzene rings is 1. The van der Waals surface area contributed by atoms with Crippen molar-refractivity contribution in [3.8, 4) is 0 Å². The predicted molar refractivity (Wildman–Crippen MR) is 78.0 cm³/mol. The summed E-state index contributed by atoms with van der Waals surface area (Å²) in [4.78, 5) is 23.1. The van der Waals surface area contributed by atoms with Crippen LogP contribution in [-0.2, 0) is 4.79 Å². The first kappa shape index (κ1) is 14.6. The average molecular weight is 275 g/mol. The van der Waals surface area contributed by atoms with E-state index in [4.69, 9.17) is 5.11 Å². The molecule has 2 rings (SSSR count). The molecule has 1 aliphatic rings. The summed E-state index contributed by atoms with van der Waals surface area (Å²) in [6.07, 6.45) is 6.59. The summed E-state index contributed by atoms with van der Waals surface area (Å²) in [7, 11) is 0. The summed E-state index contributed by atoms with van der Waals surface area (Å²) in [5, 5.41) is 11.9. The highest BCUT2D eigenvalue weighted by Gasteiger charge is 2.20. The molecule has 1 amide bonds. The second-order valence-corrected chi connectivity index (χ2v) is 5.51. The smallest absolute Gasteiger partial charge is 0.335 e. The first-order valence-corrected chi connectivity index (χ1v) is 7.23. The lowest BCUT2D eigenvalue weighted by molar-refractivity contribution is -0.120. The standard InChI is InChI=1S/C16H21NO3/c1-11-10-13(16(19)20)8-9-14(11)17-15(18)12-6-4-2-3-5-7-12/h8-10,12H,2-7H2,1H3,(H,17,18)(H,19,20). The van der Waals surface area contributed by atoms with E-state index in [9.17, 15) is 9.59 Å². The molecule has 0 aromatic heterocycles. The minimum absolute atomic E-state index is 0.0677. The van der Waals surface area contributed by atoms with Gasteiger partial charge in [-0.15, -0.1) is 0 Å². The Morgan fingerprint density at radius 1 is 1.15 bits per heavy atom. The van der Waals surface area contributed by atoms with Gasteiger partial charge in [0.05, 0.1) is 5.56 Å². The largest absolute Gasteiger partial charge is 0.478 e. The Morgan fingerprint density at radius 2 is 1.80 bits per heavy atom. The molecule has 0 aliphatic heterocycles. The van der Waals surface area contributed by atoms with E-state index >= 15 is 0 Å². The summed E-state index contributed by atoms with van der Waals surface area (Å²) in [6, 6.07) is 4.79. The highest BCUT2D eigenvalue weighted by atomic mass is 16.4. The Balaban J connectivity index is 2.05. The van der Waals surface area contributed by atoms with Crippen LogP contribution in [0.2, 0.25) is 0 Å². The Hall–Kier alpha value is -1.84. The van der Waals surface area contributed by atoms with E-state index in [-0.39, 0.29) is 17.4 Å². The number of aryl methyl sites for hydroxylation is 1. The third-order valence-electron chi connectivity index (χ3n) is 3.96. The molecule has 1 aliphatic carbocycles. The van der Waals surface area contributed by atoms with Crippen LogP contribution in [0, 0.1) is 12.8 Å². The van der Waals surface area contributed by atoms with Gasteiger partial charge < -0.3 is 10.4 Å². The van der Waals surface area contributed by atoms with Gasteiger partial charge in [0.2, 0.25) is 5.91 Å². The van der Waals surface area contributed by atoms with Crippen molar-refractivity contribution < 1.29 is 14.7 Å². The van der Waals surface area contributed by atoms with Crippen LogP contribution in [0.1, 0.15) is 54.4 Å². The Labute approximate surface area is 119 Å². The first-order chi connectivity index (χ1) is 9.58. The zero-order valence-corrected chi connectivity index (χ0v) is 11.8. The molecule has 0 saturated heterocycles. The third kappa shape index (κ3) is 3.59. The fourth-order valence-corrected chi connectivity index (χ4v) is 2.71. The van der Waals surface area contributed by atoms with Crippen LogP contribution in [0.5, 0.6) is 0 Å². The van der Waals surface area contributed by atoms with Crippen molar-refractivity contribution in [2.45, 2.75) is 45.4 Å². The van der Waals surface area contributed by atoms with Gasteiger partial charge in [0.1, 0.15) is 0 Å². The lowest BCUT2D eigenvalue weighted by Gasteiger charge is -2.15. The second-order valence-electron chi connectivity index (χ2n) is 5.51. The van der Waals surface area contributed by atoms with Crippen molar-refractivity contribution in [1.29, 1.82) is 0 Å². The molecule has 0 radical (unpaired) electrons. The molecule has 0 atom stereocenters. The van der Waals surface area contributed by atoms with E-state index in [0.29, 0.717) is 5.69 Å². The fraction of sp³-hybridized carbons (Fsp3) is 0.500. The van der Waals surface area contributed by atoms with Gasteiger partial charge in [-0.1, -0.05) is 25.7 Å². The molecule has 1 saturated carbocycles. The molecule has 0 heterocycles. The molecule has 20 heavy (non-hydrogen) atoms. The number of anilines is 1. The van der Waals surface area contributed by atoms with E-state index < -0.39 is 5.97 Å². The third-order valence-corrected chi connectivity index (χ3v) is 3.96. The minimum atomic E-state index is -0.949. The van der Waals surface area contributed by atoms with Crippen molar-refractivity contribution >= 4 is 17.6 Å². The van der Waals surface area contributed by atoms with Gasteiger partial charge in [0.15, 0.2) is 0 Å². The van der Waals surface area contributed by atoms with Crippen LogP contribution in [0.15, 0.2) is 18.2 Å². The van der Waals surface area contributed by atoms with Gasteiger partial charge in [0.25, 0.3) is 0 Å². The Kier molecular flexibility index (Phi) is 4.77. The summed E-state index contributed by atoms with van der Waals surface area (Å²) in [5.74, 6) is -0.788. The molecule has 0 spiro atoms. The second kappa shape index (κ2) is 6.55. The molecule has 0 unspecified atom stereocenters. The van der Waals surface area contributed by atoms with Crippen LogP contribution in [-0.4, -0.2) is 17.0 Å². The average Bonchev–Trinajstić information content (AvgIpc) is 2.69. The molecule has 2 N–H and O–H groups in total. The quantitative estimate of drug-likeness (QED) is 0.828. The molecule has 1 fully saturated rings. The van der Waals surface area contributed by atoms with Crippen molar-refractivity contribution in [1.82, 2.24) is 0 Å². The maximum absolute atomic E-state index is 12.3. The van der Waals surface area contributed by atoms with Gasteiger partial charge >= 0.3 is 5.97 Å². The lowest BCUT2D eigenvalue weighted by atomic mass is 9.99. The van der Waals surface area contributed by atoms with Gasteiger partial charge in [-0.2, -0.15) is 0 Å². The van der Waals surface area contributed by atoms with E-state index in [1.165, 1.54) is 18.9 Å². The summed E-state index contributed by atoms with van der Waals surface area (Å²) in [6.45, 7) is 1.81. The molecule has 0 bridgehead atoms. The number of aromatic carboxylic acids is 1. The van der Waals surface area contributed by atoms with Crippen LogP contribution in [0.25, 0.3) is 0 Å². The van der Waals surface area contributed by atoms with Gasteiger partial charge in [-0.25, -0.2) is 4.79 Å². The number of nitrogens with one attached hydrogen (secondary N) is 1. The van der Waals surface area contributed by atoms with Crippen LogP contribution >= 0.6 is 0 Å². The normalized spacial score (nSPS) is 16.4. The number of carboxylic acid groups (broad SMARTS) is 1. The minimum Gasteiger partial charge on any atom is -0.478 e. The van der Waals surface area contributed by atoms with E-state index in [2.05, 4.69) is 5.32 Å². The molecule has 4 heteroatoms. The Bertz CT molecular complexity index is 502. The van der Waals surface area contributed by atoms with E-state index in [1.54, 1.807) is 12.1 Å². The molecular weight excluding hydrogens is 254 g/mol. The lowest BCUT2D eigenvalue weighted by Crippen LogP contribution is -2.22. The van der Waals surface area contributed by atoms with Gasteiger partial charge in [0, 0.05) is 11.6 Å². The van der Waals surface area contributed by atoms with Gasteiger partial charge in [-0.3, -0.25) is 4.79 Å². The summed E-state index contributed by atoms with van der Waals surface area (Å²) >= 11 is 0. The SMILES string of the molecule is Cc1cc(C(=O)O)ccc1NC(=O)C1CCCCCC1. The van der Waals surface area contributed by atoms with E-state index in [1.807, 2.05) is 6.92 Å². The van der Waals surface area contributed by atoms with E-state index in [0.717, 1.165) is 31.2 Å². The highest BCUT2D eigenvalue weighted by Crippen LogP contribution is 2.25. The number of hydrogen-bond donors (Lipinski definition) is 2. The molecule has 108 valence electrons. The number of amides is 1. The number of rotatable bonds is 3. The zero-order chi connectivity index (χ0) is 14.5. The number of carbonyl (C=O) groups excluding carboxylic acids is 1. The summed E-state index contributed by atoms with van der Waals surface area (Å²) in [5.41, 5.74) is 1.74. The fourth-order valence-electron chi connectivity index (χ4n) is 2.71. The first-order valence-electron chi connectivity index (χ1n) is 7.23. The molecular formula is C16H21NO3. The topological polar surface area (TPSA) is 66.4 Å². The van der Waals surface area contributed by atoms with Crippen molar-refractivity contribution in [2.75, 3.05) is 5.32 Å². The number of hydrogen-bond acceptors (Lipinski definition) is 2. The predicted octanol–water partition coefficient (Wildman–Crippen LogP) is 3.60. The molecule has 4 nitrogen and oxygen atoms in total. The van der Waals surface area contributed by atoms with Crippen molar-refractivity contribution in [2.24, 2.45) is 5.92 Å². The molecule has 1 aromatic carbocycles. The zero-order valence-electron chi connectivity index (χ0n) is 11.8. The maximum atomic E-state index is 12.3. The number of carboxylic acids is 1. The van der Waals surface area contributed by atoms with Crippen LogP contribution in [0.4, 0.5) is 5.69 Å². The monoisotopic (exact) mass is 275 g/mol. The highest BCUT2D eigenvalue weighted by molar-refractivity contribution is 5.94. The van der Waals surface area contributed by atoms with Crippen LogP contribution in [0.3, 0.4) is 0 Å². The van der Waals surface area contributed by atoms with Crippen LogP contribution < -0.4 is 5.32 Å². The maximum Gasteiger partial charge on any atom is 0.335 e. The number of carbonyl (C=O) groups is 2. The molecule has 1 aromatic rings.